The number of nitrogens with one attached hydrogen (secondary N) is 1. The fourth-order valence-corrected chi connectivity index (χ4v) is 1.85. The number of likely N-dealkylation sites (N-methyl/N-ethyl adjacent to an activating group) is 2. The number of hydrogen-bond donors (Lipinski definition) is 3. The van der Waals surface area contributed by atoms with Gasteiger partial charge in [-0.2, -0.15) is 0 Å². The molecule has 0 saturated heterocycles. The van der Waals surface area contributed by atoms with Crippen LogP contribution in [0.25, 0.3) is 0 Å². The maximum absolute atomic E-state index is 11.6. The largest absolute Gasteiger partial charge is 0.385 e. The van der Waals surface area contributed by atoms with Crippen molar-refractivity contribution >= 4 is 5.91 Å². The van der Waals surface area contributed by atoms with E-state index in [1.54, 1.807) is 20.8 Å². The first-order chi connectivity index (χ1) is 8.99. The molecule has 20 heavy (non-hydrogen) atoms. The smallest absolute Gasteiger partial charge is 0.249 e. The molecule has 6 heteroatoms. The minimum absolute atomic E-state index is 0.196. The van der Waals surface area contributed by atoms with E-state index in [1.807, 2.05) is 21.1 Å². The summed E-state index contributed by atoms with van der Waals surface area (Å²) in [4.78, 5) is 11.6. The summed E-state index contributed by atoms with van der Waals surface area (Å²) in [5, 5.41) is 22.4. The predicted molar refractivity (Wildman–Crippen MR) is 78.2 cm³/mol. The lowest BCUT2D eigenvalue weighted by Crippen LogP contribution is -2.47. The quantitative estimate of drug-likeness (QED) is 0.505. The van der Waals surface area contributed by atoms with Crippen molar-refractivity contribution < 1.29 is 24.2 Å². The lowest BCUT2D eigenvalue weighted by atomic mass is 9.87. The van der Waals surface area contributed by atoms with Crippen LogP contribution in [0.15, 0.2) is 0 Å². The molecule has 2 atom stereocenters. The zero-order chi connectivity index (χ0) is 16.0. The minimum atomic E-state index is -1.13. The summed E-state index contributed by atoms with van der Waals surface area (Å²) in [5.74, 6) is -0.395. The second-order valence-electron chi connectivity index (χ2n) is 6.93. The van der Waals surface area contributed by atoms with E-state index in [0.717, 1.165) is 0 Å². The summed E-state index contributed by atoms with van der Waals surface area (Å²) < 4.78 is 6.10. The molecule has 0 aliphatic carbocycles. The molecule has 6 nitrogen and oxygen atoms in total. The zero-order valence-electron chi connectivity index (χ0n) is 13.6. The first-order valence-electron chi connectivity index (χ1n) is 7.01. The summed E-state index contributed by atoms with van der Waals surface area (Å²) >= 11 is 0. The molecular weight excluding hydrogens is 260 g/mol. The molecule has 0 aliphatic heterocycles. The van der Waals surface area contributed by atoms with Crippen molar-refractivity contribution in [1.82, 2.24) is 5.32 Å². The Kier molecular flexibility index (Phi) is 7.65. The Morgan fingerprint density at radius 3 is 2.30 bits per heavy atom. The lowest BCUT2D eigenvalue weighted by Gasteiger charge is -2.30. The van der Waals surface area contributed by atoms with Crippen LogP contribution in [0, 0.1) is 5.41 Å². The van der Waals surface area contributed by atoms with E-state index in [1.165, 1.54) is 0 Å². The van der Waals surface area contributed by atoms with E-state index < -0.39 is 23.5 Å². The van der Waals surface area contributed by atoms with Gasteiger partial charge in [0.1, 0.15) is 18.8 Å². The highest BCUT2D eigenvalue weighted by Gasteiger charge is 2.33. The van der Waals surface area contributed by atoms with Gasteiger partial charge >= 0.3 is 0 Å². The zero-order valence-corrected chi connectivity index (χ0v) is 13.6. The van der Waals surface area contributed by atoms with Crippen molar-refractivity contribution in [1.29, 1.82) is 0 Å². The highest BCUT2D eigenvalue weighted by molar-refractivity contribution is 5.81. The van der Waals surface area contributed by atoms with E-state index in [2.05, 4.69) is 5.32 Å². The van der Waals surface area contributed by atoms with E-state index >= 15 is 0 Å². The van der Waals surface area contributed by atoms with E-state index in [9.17, 15) is 15.0 Å². The molecule has 3 N–H and O–H groups in total. The lowest BCUT2D eigenvalue weighted by molar-refractivity contribution is -0.873. The third-order valence-corrected chi connectivity index (χ3v) is 2.88. The number of amides is 1. The van der Waals surface area contributed by atoms with Crippen LogP contribution < -0.4 is 5.32 Å². The van der Waals surface area contributed by atoms with Crippen LogP contribution in [-0.2, 0) is 9.53 Å². The van der Waals surface area contributed by atoms with Crippen molar-refractivity contribution in [3.05, 3.63) is 0 Å². The monoisotopic (exact) mass is 291 g/mol. The molecule has 0 aromatic carbocycles. The highest BCUT2D eigenvalue weighted by Crippen LogP contribution is 2.21. The fraction of sp³-hybridized carbons (Fsp3) is 0.929. The Balaban J connectivity index is 4.19. The summed E-state index contributed by atoms with van der Waals surface area (Å²) in [5.41, 5.74) is -0.699. The number of aliphatic hydroxyl groups is 2. The number of quaternary nitrogens is 1. The van der Waals surface area contributed by atoms with Crippen LogP contribution >= 0.6 is 0 Å². The summed E-state index contributed by atoms with van der Waals surface area (Å²) in [7, 11) is 5.98. The second kappa shape index (κ2) is 7.93. The van der Waals surface area contributed by atoms with Gasteiger partial charge in [-0.05, 0) is 6.92 Å². The number of ether oxygens (including phenoxy) is 1. The Morgan fingerprint density at radius 1 is 1.30 bits per heavy atom. The number of carbonyl (C=O) groups is 1. The van der Waals surface area contributed by atoms with Gasteiger partial charge in [0.05, 0.1) is 34.4 Å². The number of nitrogens with zero attached hydrogens (tertiary/aromatic N) is 1. The van der Waals surface area contributed by atoms with E-state index in [4.69, 9.17) is 4.74 Å². The average Bonchev–Trinajstić information content (AvgIpc) is 2.25. The fourth-order valence-electron chi connectivity index (χ4n) is 1.85. The van der Waals surface area contributed by atoms with E-state index in [0.29, 0.717) is 17.6 Å². The average molecular weight is 291 g/mol. The second-order valence-corrected chi connectivity index (χ2v) is 6.93. The van der Waals surface area contributed by atoms with Gasteiger partial charge < -0.3 is 24.7 Å². The van der Waals surface area contributed by atoms with Crippen LogP contribution in [0.1, 0.15) is 20.8 Å². The molecule has 1 amide bonds. The standard InChI is InChI=1S/C14H30N2O4/c1-7-15-13(19)12(18)14(2,3)10-20-9-11(17)8-16(4,5)6/h11-12,17-18H,7-10H2,1-6H3/p+1. The Labute approximate surface area is 122 Å². The van der Waals surface area contributed by atoms with E-state index in [-0.39, 0.29) is 13.2 Å². The molecule has 2 unspecified atom stereocenters. The molecule has 0 aromatic heterocycles. The predicted octanol–water partition coefficient (Wildman–Crippen LogP) is -0.407. The maximum atomic E-state index is 11.6. The minimum Gasteiger partial charge on any atom is -0.385 e. The van der Waals surface area contributed by atoms with Crippen LogP contribution in [0.5, 0.6) is 0 Å². The van der Waals surface area contributed by atoms with Crippen LogP contribution in [0.2, 0.25) is 0 Å². The Morgan fingerprint density at radius 2 is 1.85 bits per heavy atom. The number of hydrogen-bond acceptors (Lipinski definition) is 4. The van der Waals surface area contributed by atoms with Gasteiger partial charge in [-0.1, -0.05) is 13.8 Å². The third kappa shape index (κ3) is 7.79. The Bertz CT molecular complexity index is 300. The summed E-state index contributed by atoms with van der Waals surface area (Å²) in [6.07, 6.45) is -1.69. The molecule has 0 spiro atoms. The van der Waals surface area contributed by atoms with Gasteiger partial charge in [0.25, 0.3) is 0 Å². The van der Waals surface area contributed by atoms with Gasteiger partial charge in [0.15, 0.2) is 0 Å². The van der Waals surface area contributed by atoms with Gasteiger partial charge in [-0.15, -0.1) is 0 Å². The topological polar surface area (TPSA) is 78.8 Å². The number of aliphatic hydroxyl groups excluding tert-OH is 2. The van der Waals surface area contributed by atoms with Gasteiger partial charge in [0.2, 0.25) is 5.91 Å². The first-order valence-corrected chi connectivity index (χ1v) is 7.01. The molecular formula is C14H31N2O4+. The van der Waals surface area contributed by atoms with Gasteiger partial charge in [-0.25, -0.2) is 0 Å². The van der Waals surface area contributed by atoms with Crippen molar-refractivity contribution in [2.75, 3.05) is 47.4 Å². The maximum Gasteiger partial charge on any atom is 0.249 e. The summed E-state index contributed by atoms with van der Waals surface area (Å²) in [6.45, 7) is 6.79. The van der Waals surface area contributed by atoms with Crippen LogP contribution in [0.3, 0.4) is 0 Å². The molecule has 0 aromatic rings. The SMILES string of the molecule is CCNC(=O)C(O)C(C)(C)COCC(O)C[N+](C)(C)C. The Hall–Kier alpha value is -0.690. The third-order valence-electron chi connectivity index (χ3n) is 2.88. The molecule has 0 aliphatic rings. The molecule has 0 bridgehead atoms. The molecule has 0 fully saturated rings. The molecule has 120 valence electrons. The van der Waals surface area contributed by atoms with Gasteiger partial charge in [-0.3, -0.25) is 4.79 Å². The van der Waals surface area contributed by atoms with Crippen molar-refractivity contribution in [3.8, 4) is 0 Å². The molecule has 0 rings (SSSR count). The van der Waals surface area contributed by atoms with Gasteiger partial charge in [0, 0.05) is 12.0 Å². The molecule has 0 saturated carbocycles. The molecule has 0 radical (unpaired) electrons. The first kappa shape index (κ1) is 19.3. The van der Waals surface area contributed by atoms with Crippen LogP contribution in [0.4, 0.5) is 0 Å². The number of rotatable bonds is 9. The van der Waals surface area contributed by atoms with Crippen LogP contribution in [-0.4, -0.2) is 80.3 Å². The normalized spacial score (nSPS) is 15.8. The van der Waals surface area contributed by atoms with Crippen molar-refractivity contribution in [3.63, 3.8) is 0 Å². The molecule has 0 heterocycles. The van der Waals surface area contributed by atoms with Crippen molar-refractivity contribution in [2.45, 2.75) is 33.0 Å². The number of carbonyl (C=O) groups excluding carboxylic acids is 1. The summed E-state index contributed by atoms with van der Waals surface area (Å²) in [6, 6.07) is 0. The van der Waals surface area contributed by atoms with Crippen molar-refractivity contribution in [2.24, 2.45) is 5.41 Å². The highest BCUT2D eigenvalue weighted by atomic mass is 16.5.